The number of aromatic nitrogens is 1. The van der Waals surface area contributed by atoms with Gasteiger partial charge in [0, 0.05) is 24.2 Å². The number of benzene rings is 2. The van der Waals surface area contributed by atoms with Crippen LogP contribution in [0.15, 0.2) is 59.4 Å². The zero-order valence-electron chi connectivity index (χ0n) is 14.3. The Hall–Kier alpha value is -2.95. The van der Waals surface area contributed by atoms with E-state index in [1.165, 1.54) is 28.8 Å². The molecule has 4 rings (SSSR count). The Bertz CT molecular complexity index is 1020. The second-order valence-corrected chi connectivity index (χ2v) is 6.59. The molecule has 1 fully saturated rings. The number of nitrogens with zero attached hydrogens (tertiary/aromatic N) is 2. The number of rotatable bonds is 2. The van der Waals surface area contributed by atoms with Gasteiger partial charge in [-0.25, -0.2) is 4.39 Å². The van der Waals surface area contributed by atoms with E-state index in [-0.39, 0.29) is 17.3 Å². The second kappa shape index (κ2) is 6.75. The fourth-order valence-electron chi connectivity index (χ4n) is 3.52. The summed E-state index contributed by atoms with van der Waals surface area (Å²) in [7, 11) is 0. The van der Waals surface area contributed by atoms with E-state index in [0.29, 0.717) is 29.9 Å². The number of carbonyl (C=O) groups excluding carboxylic acids is 1. The molecule has 0 radical (unpaired) electrons. The number of fused-ring (bicyclic) bond motifs is 1. The van der Waals surface area contributed by atoms with E-state index < -0.39 is 0 Å². The number of likely N-dealkylation sites (tertiary alicyclic amines) is 1. The van der Waals surface area contributed by atoms with E-state index in [4.69, 9.17) is 0 Å². The van der Waals surface area contributed by atoms with Crippen LogP contribution < -0.4 is 5.56 Å². The Kier molecular flexibility index (Phi) is 4.29. The van der Waals surface area contributed by atoms with Gasteiger partial charge in [0.2, 0.25) is 0 Å². The summed E-state index contributed by atoms with van der Waals surface area (Å²) < 4.78 is 14.7. The molecule has 0 N–H and O–H groups in total. The highest BCUT2D eigenvalue weighted by atomic mass is 19.1. The fraction of sp³-hybridized carbons (Fsp3) is 0.238. The molecule has 1 saturated heterocycles. The summed E-state index contributed by atoms with van der Waals surface area (Å²) in [5, 5.41) is 1.27. The predicted molar refractivity (Wildman–Crippen MR) is 99.3 cm³/mol. The smallest absolute Gasteiger partial charge is 0.270 e. The molecule has 0 spiro atoms. The summed E-state index contributed by atoms with van der Waals surface area (Å²) in [6.07, 6.45) is 3.06. The molecular weight excluding hydrogens is 331 g/mol. The van der Waals surface area contributed by atoms with Crippen molar-refractivity contribution >= 4 is 16.7 Å². The average Bonchev–Trinajstić information content (AvgIpc) is 2.69. The van der Waals surface area contributed by atoms with Crippen molar-refractivity contribution in [3.05, 3.63) is 76.5 Å². The highest BCUT2D eigenvalue weighted by Crippen LogP contribution is 2.20. The van der Waals surface area contributed by atoms with Crippen LogP contribution in [-0.2, 0) is 0 Å². The minimum absolute atomic E-state index is 0.156. The zero-order chi connectivity index (χ0) is 18.1. The third-order valence-corrected chi connectivity index (χ3v) is 4.87. The van der Waals surface area contributed by atoms with Crippen LogP contribution in [0.25, 0.3) is 16.5 Å². The maximum Gasteiger partial charge on any atom is 0.270 e. The molecule has 1 amide bonds. The minimum Gasteiger partial charge on any atom is -0.337 e. The van der Waals surface area contributed by atoms with Gasteiger partial charge in [-0.15, -0.1) is 0 Å². The van der Waals surface area contributed by atoms with Crippen LogP contribution in [0.5, 0.6) is 0 Å². The highest BCUT2D eigenvalue weighted by molar-refractivity contribution is 5.97. The highest BCUT2D eigenvalue weighted by Gasteiger charge is 2.23. The normalized spacial score (nSPS) is 14.6. The first-order chi connectivity index (χ1) is 12.6. The van der Waals surface area contributed by atoms with E-state index >= 15 is 0 Å². The largest absolute Gasteiger partial charge is 0.337 e. The van der Waals surface area contributed by atoms with E-state index in [1.807, 2.05) is 12.1 Å². The van der Waals surface area contributed by atoms with Crippen LogP contribution in [0, 0.1) is 5.82 Å². The van der Waals surface area contributed by atoms with Crippen LogP contribution in [0.2, 0.25) is 0 Å². The molecule has 2 aromatic carbocycles. The summed E-state index contributed by atoms with van der Waals surface area (Å²) in [6.45, 7) is 1.40. The van der Waals surface area contributed by atoms with Crippen molar-refractivity contribution in [3.63, 3.8) is 0 Å². The monoisotopic (exact) mass is 350 g/mol. The number of hydrogen-bond acceptors (Lipinski definition) is 2. The Morgan fingerprint density at radius 1 is 0.923 bits per heavy atom. The molecule has 0 aliphatic carbocycles. The first-order valence-corrected chi connectivity index (χ1v) is 8.85. The summed E-state index contributed by atoms with van der Waals surface area (Å²) in [4.78, 5) is 28.1. The lowest BCUT2D eigenvalue weighted by Crippen LogP contribution is -2.38. The van der Waals surface area contributed by atoms with Crippen molar-refractivity contribution in [1.82, 2.24) is 9.47 Å². The van der Waals surface area contributed by atoms with Gasteiger partial charge in [-0.3, -0.25) is 14.2 Å². The maximum absolute atomic E-state index is 13.3. The molecule has 1 aliphatic heterocycles. The van der Waals surface area contributed by atoms with E-state index in [9.17, 15) is 14.0 Å². The van der Waals surface area contributed by atoms with Gasteiger partial charge >= 0.3 is 0 Å². The number of halogens is 1. The molecule has 0 unspecified atom stereocenters. The Morgan fingerprint density at radius 2 is 1.62 bits per heavy atom. The summed E-state index contributed by atoms with van der Waals surface area (Å²) in [6, 6.07) is 14.6. The van der Waals surface area contributed by atoms with Gasteiger partial charge in [-0.05, 0) is 61.0 Å². The standard InChI is InChI=1S/C21H19FN2O2/c22-16-8-10-17(11-9-16)24-19(21(26)23-12-4-1-5-13-23)14-15-6-2-3-7-18(15)20(24)25/h2-3,6-11,14H,1,4-5,12-13H2. The van der Waals surface area contributed by atoms with Crippen LogP contribution in [-0.4, -0.2) is 28.5 Å². The van der Waals surface area contributed by atoms with Crippen LogP contribution in [0.1, 0.15) is 29.8 Å². The quantitative estimate of drug-likeness (QED) is 0.706. The van der Waals surface area contributed by atoms with Crippen molar-refractivity contribution in [3.8, 4) is 5.69 Å². The molecule has 26 heavy (non-hydrogen) atoms. The Labute approximate surface area is 150 Å². The van der Waals surface area contributed by atoms with Gasteiger partial charge in [0.1, 0.15) is 11.5 Å². The molecule has 0 saturated carbocycles. The molecule has 5 heteroatoms. The molecule has 1 aliphatic rings. The molecule has 1 aromatic heterocycles. The van der Waals surface area contributed by atoms with Crippen molar-refractivity contribution < 1.29 is 9.18 Å². The third-order valence-electron chi connectivity index (χ3n) is 4.87. The number of pyridine rings is 1. The first kappa shape index (κ1) is 16.5. The van der Waals surface area contributed by atoms with Gasteiger partial charge in [-0.1, -0.05) is 18.2 Å². The molecule has 0 atom stereocenters. The van der Waals surface area contributed by atoms with Gasteiger partial charge in [-0.2, -0.15) is 0 Å². The van der Waals surface area contributed by atoms with Crippen molar-refractivity contribution in [2.24, 2.45) is 0 Å². The number of piperidine rings is 1. The Morgan fingerprint density at radius 3 is 2.35 bits per heavy atom. The lowest BCUT2D eigenvalue weighted by atomic mass is 10.1. The number of hydrogen-bond donors (Lipinski definition) is 0. The van der Waals surface area contributed by atoms with Crippen molar-refractivity contribution in [1.29, 1.82) is 0 Å². The second-order valence-electron chi connectivity index (χ2n) is 6.59. The maximum atomic E-state index is 13.3. The minimum atomic E-state index is -0.383. The summed E-state index contributed by atoms with van der Waals surface area (Å²) >= 11 is 0. The summed E-state index contributed by atoms with van der Waals surface area (Å²) in [5.74, 6) is -0.539. The van der Waals surface area contributed by atoms with E-state index in [2.05, 4.69) is 0 Å². The molecule has 0 bridgehead atoms. The van der Waals surface area contributed by atoms with Gasteiger partial charge in [0.05, 0.1) is 0 Å². The molecule has 132 valence electrons. The molecule has 3 aromatic rings. The van der Waals surface area contributed by atoms with Gasteiger partial charge < -0.3 is 4.90 Å². The summed E-state index contributed by atoms with van der Waals surface area (Å²) in [5.41, 5.74) is 0.541. The predicted octanol–water partition coefficient (Wildman–Crippen LogP) is 3.76. The van der Waals surface area contributed by atoms with Crippen LogP contribution >= 0.6 is 0 Å². The lowest BCUT2D eigenvalue weighted by molar-refractivity contribution is 0.0715. The lowest BCUT2D eigenvalue weighted by Gasteiger charge is -2.28. The zero-order valence-corrected chi connectivity index (χ0v) is 14.3. The van der Waals surface area contributed by atoms with E-state index in [0.717, 1.165) is 24.6 Å². The van der Waals surface area contributed by atoms with E-state index in [1.54, 1.807) is 23.1 Å². The fourth-order valence-corrected chi connectivity index (χ4v) is 3.52. The molecule has 4 nitrogen and oxygen atoms in total. The number of carbonyl (C=O) groups is 1. The Balaban J connectivity index is 1.94. The third kappa shape index (κ3) is 2.90. The topological polar surface area (TPSA) is 42.3 Å². The van der Waals surface area contributed by atoms with Gasteiger partial charge in [0.15, 0.2) is 0 Å². The van der Waals surface area contributed by atoms with Crippen LogP contribution in [0.3, 0.4) is 0 Å². The molecular formula is C21H19FN2O2. The van der Waals surface area contributed by atoms with Gasteiger partial charge in [0.25, 0.3) is 11.5 Å². The molecule has 2 heterocycles. The van der Waals surface area contributed by atoms with Crippen molar-refractivity contribution in [2.75, 3.05) is 13.1 Å². The van der Waals surface area contributed by atoms with Crippen molar-refractivity contribution in [2.45, 2.75) is 19.3 Å². The average molecular weight is 350 g/mol. The van der Waals surface area contributed by atoms with Crippen LogP contribution in [0.4, 0.5) is 4.39 Å². The SMILES string of the molecule is O=C(c1cc2ccccc2c(=O)n1-c1ccc(F)cc1)N1CCCCC1. The first-order valence-electron chi connectivity index (χ1n) is 8.85. The number of amides is 1.